The molecule has 0 bridgehead atoms. The Morgan fingerprint density at radius 3 is 2.41 bits per heavy atom. The van der Waals surface area contributed by atoms with Gasteiger partial charge in [0.15, 0.2) is 0 Å². The normalized spacial score (nSPS) is 13.2. The van der Waals surface area contributed by atoms with Crippen molar-refractivity contribution < 1.29 is 20.1 Å². The highest BCUT2D eigenvalue weighted by molar-refractivity contribution is 4.67. The number of ether oxygens (including phenoxy) is 1. The maximum atomic E-state index is 9.54. The quantitative estimate of drug-likeness (QED) is 0.363. The topological polar surface area (TPSA) is 82.0 Å². The summed E-state index contributed by atoms with van der Waals surface area (Å²) >= 11 is 0. The van der Waals surface area contributed by atoms with Crippen LogP contribution in [0.15, 0.2) is 0 Å². The van der Waals surface area contributed by atoms with Crippen molar-refractivity contribution in [3.63, 3.8) is 0 Å². The third-order valence-electron chi connectivity index (χ3n) is 2.54. The van der Waals surface area contributed by atoms with E-state index in [2.05, 4.69) is 12.2 Å². The molecule has 4 N–H and O–H groups in total. The van der Waals surface area contributed by atoms with E-state index >= 15 is 0 Å². The summed E-state index contributed by atoms with van der Waals surface area (Å²) in [5, 5.41) is 30.0. The molecule has 0 aliphatic carbocycles. The smallest absolute Gasteiger partial charge is 0.0897 e. The van der Waals surface area contributed by atoms with Crippen LogP contribution in [0.5, 0.6) is 0 Å². The first-order chi connectivity index (χ1) is 8.24. The van der Waals surface area contributed by atoms with Gasteiger partial charge in [-0.15, -0.1) is 0 Å². The highest BCUT2D eigenvalue weighted by Gasteiger charge is 2.08. The van der Waals surface area contributed by atoms with E-state index in [1.54, 1.807) is 0 Å². The highest BCUT2D eigenvalue weighted by atomic mass is 16.5. The van der Waals surface area contributed by atoms with Gasteiger partial charge in [0.25, 0.3) is 0 Å². The lowest BCUT2D eigenvalue weighted by molar-refractivity contribution is 0.0313. The summed E-state index contributed by atoms with van der Waals surface area (Å²) in [6.45, 7) is 3.18. The van der Waals surface area contributed by atoms with Crippen molar-refractivity contribution >= 4 is 0 Å². The first-order valence-corrected chi connectivity index (χ1v) is 6.45. The van der Waals surface area contributed by atoms with Crippen molar-refractivity contribution in [2.75, 3.05) is 33.0 Å². The summed E-state index contributed by atoms with van der Waals surface area (Å²) in [6.07, 6.45) is 4.03. The van der Waals surface area contributed by atoms with E-state index in [0.717, 1.165) is 6.42 Å². The summed E-state index contributed by atoms with van der Waals surface area (Å²) in [5.41, 5.74) is 0. The van der Waals surface area contributed by atoms with Crippen molar-refractivity contribution in [2.24, 2.45) is 0 Å². The van der Waals surface area contributed by atoms with Crippen LogP contribution in [0.3, 0.4) is 0 Å². The minimum absolute atomic E-state index is 0.138. The molecule has 0 aromatic heterocycles. The van der Waals surface area contributed by atoms with Crippen molar-refractivity contribution in [1.82, 2.24) is 5.32 Å². The fraction of sp³-hybridized carbons (Fsp3) is 1.00. The van der Waals surface area contributed by atoms with Crippen LogP contribution < -0.4 is 5.32 Å². The summed E-state index contributed by atoms with van der Waals surface area (Å²) in [5.74, 6) is 0. The summed E-state index contributed by atoms with van der Waals surface area (Å²) in [7, 11) is 0. The molecule has 5 heteroatoms. The van der Waals surface area contributed by atoms with Crippen LogP contribution in [0.1, 0.15) is 32.6 Å². The molecular formula is C12H27NO4. The van der Waals surface area contributed by atoms with Crippen molar-refractivity contribution in [3.05, 3.63) is 0 Å². The second-order valence-electron chi connectivity index (χ2n) is 4.26. The molecule has 17 heavy (non-hydrogen) atoms. The highest BCUT2D eigenvalue weighted by Crippen LogP contribution is 1.99. The summed E-state index contributed by atoms with van der Waals surface area (Å²) < 4.78 is 5.33. The zero-order chi connectivity index (χ0) is 12.9. The molecule has 5 nitrogen and oxygen atoms in total. The average Bonchev–Trinajstić information content (AvgIpc) is 2.35. The fourth-order valence-electron chi connectivity index (χ4n) is 1.40. The second-order valence-corrected chi connectivity index (χ2v) is 4.26. The summed E-state index contributed by atoms with van der Waals surface area (Å²) in [4.78, 5) is 0. The van der Waals surface area contributed by atoms with E-state index in [1.165, 1.54) is 19.3 Å². The Bertz CT molecular complexity index is 153. The average molecular weight is 249 g/mol. The lowest BCUT2D eigenvalue weighted by Gasteiger charge is -2.16. The molecule has 104 valence electrons. The molecule has 0 rings (SSSR count). The predicted octanol–water partition coefficient (Wildman–Crippen LogP) is -0.113. The van der Waals surface area contributed by atoms with Crippen molar-refractivity contribution in [2.45, 2.75) is 44.8 Å². The largest absolute Gasteiger partial charge is 0.395 e. The van der Waals surface area contributed by atoms with E-state index in [0.29, 0.717) is 19.8 Å². The molecular weight excluding hydrogens is 222 g/mol. The first-order valence-electron chi connectivity index (χ1n) is 6.45. The number of nitrogens with one attached hydrogen (secondary N) is 1. The molecule has 1 unspecified atom stereocenters. The molecule has 0 saturated carbocycles. The number of rotatable bonds is 12. The van der Waals surface area contributed by atoms with Gasteiger partial charge in [0.05, 0.1) is 32.0 Å². The third-order valence-corrected chi connectivity index (χ3v) is 2.54. The zero-order valence-electron chi connectivity index (χ0n) is 10.8. The van der Waals surface area contributed by atoms with E-state index in [1.807, 2.05) is 0 Å². The van der Waals surface area contributed by atoms with Gasteiger partial charge in [0.1, 0.15) is 0 Å². The Labute approximate surface area is 104 Å². The molecule has 0 spiro atoms. The van der Waals surface area contributed by atoms with E-state index in [4.69, 9.17) is 14.9 Å². The maximum Gasteiger partial charge on any atom is 0.0897 e. The summed E-state index contributed by atoms with van der Waals surface area (Å²) in [6, 6.07) is -0.366. The van der Waals surface area contributed by atoms with Gasteiger partial charge < -0.3 is 25.4 Å². The van der Waals surface area contributed by atoms with Crippen LogP contribution in [0, 0.1) is 0 Å². The lowest BCUT2D eigenvalue weighted by Crippen LogP contribution is -2.41. The molecule has 0 fully saturated rings. The van der Waals surface area contributed by atoms with Crippen LogP contribution >= 0.6 is 0 Å². The van der Waals surface area contributed by atoms with E-state index in [-0.39, 0.29) is 19.3 Å². The standard InChI is InChI=1S/C12H27NO4/c1-2-3-4-5-6-17-10-12(16)7-13-11(8-14)9-15/h11-16H,2-10H2,1H3. The Hall–Kier alpha value is -0.200. The zero-order valence-corrected chi connectivity index (χ0v) is 10.8. The Morgan fingerprint density at radius 2 is 1.82 bits per heavy atom. The SMILES string of the molecule is CCCCCCOCC(O)CNC(CO)CO. The fourth-order valence-corrected chi connectivity index (χ4v) is 1.40. The minimum Gasteiger partial charge on any atom is -0.395 e. The van der Waals surface area contributed by atoms with Crippen LogP contribution in [-0.2, 0) is 4.74 Å². The molecule has 0 heterocycles. The van der Waals surface area contributed by atoms with Gasteiger partial charge in [-0.3, -0.25) is 0 Å². The molecule has 0 aliphatic rings. The maximum absolute atomic E-state index is 9.54. The second kappa shape index (κ2) is 12.3. The molecule has 0 aromatic rings. The monoisotopic (exact) mass is 249 g/mol. The van der Waals surface area contributed by atoms with Crippen molar-refractivity contribution in [3.8, 4) is 0 Å². The van der Waals surface area contributed by atoms with Gasteiger partial charge in [0, 0.05) is 13.2 Å². The predicted molar refractivity (Wildman–Crippen MR) is 66.9 cm³/mol. The number of hydrogen-bond donors (Lipinski definition) is 4. The Balaban J connectivity index is 3.30. The van der Waals surface area contributed by atoms with Gasteiger partial charge in [0.2, 0.25) is 0 Å². The molecule has 0 amide bonds. The van der Waals surface area contributed by atoms with E-state index in [9.17, 15) is 5.11 Å². The number of unbranched alkanes of at least 4 members (excludes halogenated alkanes) is 3. The van der Waals surface area contributed by atoms with Crippen LogP contribution in [0.4, 0.5) is 0 Å². The van der Waals surface area contributed by atoms with Crippen molar-refractivity contribution in [1.29, 1.82) is 0 Å². The Kier molecular flexibility index (Phi) is 12.1. The van der Waals surface area contributed by atoms with E-state index < -0.39 is 6.10 Å². The van der Waals surface area contributed by atoms with Gasteiger partial charge in [-0.1, -0.05) is 26.2 Å². The van der Waals surface area contributed by atoms with Gasteiger partial charge in [-0.25, -0.2) is 0 Å². The van der Waals surface area contributed by atoms with Gasteiger partial charge >= 0.3 is 0 Å². The molecule has 0 aromatic carbocycles. The Morgan fingerprint density at radius 1 is 1.12 bits per heavy atom. The first kappa shape index (κ1) is 16.8. The third kappa shape index (κ3) is 10.7. The van der Waals surface area contributed by atoms with Crippen LogP contribution in [-0.4, -0.2) is 60.4 Å². The molecule has 1 atom stereocenters. The van der Waals surface area contributed by atoms with Crippen LogP contribution in [0.25, 0.3) is 0 Å². The lowest BCUT2D eigenvalue weighted by atomic mass is 10.2. The molecule has 0 radical (unpaired) electrons. The van der Waals surface area contributed by atoms with Crippen LogP contribution in [0.2, 0.25) is 0 Å². The van der Waals surface area contributed by atoms with Gasteiger partial charge in [-0.05, 0) is 6.42 Å². The molecule has 0 saturated heterocycles. The number of aliphatic hydroxyl groups is 3. The molecule has 0 aliphatic heterocycles. The minimum atomic E-state index is -0.596. The number of hydrogen-bond acceptors (Lipinski definition) is 5. The van der Waals surface area contributed by atoms with Gasteiger partial charge in [-0.2, -0.15) is 0 Å². The number of aliphatic hydroxyl groups excluding tert-OH is 3.